The van der Waals surface area contributed by atoms with Gasteiger partial charge in [-0.25, -0.2) is 14.2 Å². The van der Waals surface area contributed by atoms with E-state index in [2.05, 4.69) is 20.4 Å². The predicted molar refractivity (Wildman–Crippen MR) is 143 cm³/mol. The fourth-order valence-corrected chi connectivity index (χ4v) is 4.88. The number of para-hydroxylation sites is 1. The first kappa shape index (κ1) is 22.6. The fourth-order valence-electron chi connectivity index (χ4n) is 4.47. The maximum atomic E-state index is 12.8. The van der Waals surface area contributed by atoms with Crippen LogP contribution >= 0.6 is 23.2 Å². The maximum Gasteiger partial charge on any atom is 0.321 e. The van der Waals surface area contributed by atoms with Gasteiger partial charge in [-0.05, 0) is 42.5 Å². The van der Waals surface area contributed by atoms with Gasteiger partial charge in [0.2, 0.25) is 5.95 Å². The van der Waals surface area contributed by atoms with Gasteiger partial charge < -0.3 is 15.1 Å². The Bertz CT molecular complexity index is 1590. The summed E-state index contributed by atoms with van der Waals surface area (Å²) in [6.07, 6.45) is 0. The number of anilines is 2. The molecule has 3 heterocycles. The van der Waals surface area contributed by atoms with E-state index in [1.807, 2.05) is 65.1 Å². The second kappa shape index (κ2) is 9.29. The van der Waals surface area contributed by atoms with E-state index in [0.29, 0.717) is 53.4 Å². The lowest BCUT2D eigenvalue weighted by Gasteiger charge is -2.35. The summed E-state index contributed by atoms with van der Waals surface area (Å²) in [4.78, 5) is 21.8. The first-order valence-corrected chi connectivity index (χ1v) is 12.3. The van der Waals surface area contributed by atoms with Crippen LogP contribution in [0.4, 0.5) is 16.4 Å². The standard InChI is InChI=1S/C26H21Cl2N7O/c27-17-6-5-7-18(16-17)29-26(36)34-14-12-33(13-15-34)25-30-22-11-4-2-9-20(22)24-32-31-23(35(24)25)19-8-1-3-10-21(19)28/h1-11,16H,12-15H2,(H,29,36). The summed E-state index contributed by atoms with van der Waals surface area (Å²) < 4.78 is 1.96. The van der Waals surface area contributed by atoms with Crippen molar-refractivity contribution in [2.24, 2.45) is 0 Å². The summed E-state index contributed by atoms with van der Waals surface area (Å²) in [5.74, 6) is 1.35. The molecule has 0 bridgehead atoms. The van der Waals surface area contributed by atoms with Crippen LogP contribution in [-0.2, 0) is 0 Å². The highest BCUT2D eigenvalue weighted by molar-refractivity contribution is 6.33. The van der Waals surface area contributed by atoms with Crippen molar-refractivity contribution in [2.45, 2.75) is 0 Å². The van der Waals surface area contributed by atoms with Crippen LogP contribution in [-0.4, -0.2) is 56.7 Å². The van der Waals surface area contributed by atoms with Crippen LogP contribution in [0.25, 0.3) is 27.9 Å². The Morgan fingerprint density at radius 3 is 2.44 bits per heavy atom. The molecule has 180 valence electrons. The number of aromatic nitrogens is 4. The summed E-state index contributed by atoms with van der Waals surface area (Å²) in [6, 6.07) is 22.4. The number of rotatable bonds is 3. The Labute approximate surface area is 217 Å². The molecule has 0 spiro atoms. The highest BCUT2D eigenvalue weighted by Gasteiger charge is 2.26. The second-order valence-corrected chi connectivity index (χ2v) is 9.35. The molecule has 5 aromatic rings. The molecule has 1 fully saturated rings. The zero-order valence-electron chi connectivity index (χ0n) is 19.1. The third-order valence-corrected chi connectivity index (χ3v) is 6.83. The van der Waals surface area contributed by atoms with E-state index in [1.165, 1.54) is 0 Å². The van der Waals surface area contributed by atoms with Gasteiger partial charge in [0.15, 0.2) is 11.5 Å². The first-order chi connectivity index (χ1) is 17.6. The number of carbonyl (C=O) groups is 1. The molecule has 1 aliphatic heterocycles. The largest absolute Gasteiger partial charge is 0.338 e. The number of hydrogen-bond donors (Lipinski definition) is 1. The van der Waals surface area contributed by atoms with E-state index >= 15 is 0 Å². The molecule has 0 atom stereocenters. The van der Waals surface area contributed by atoms with E-state index < -0.39 is 0 Å². The highest BCUT2D eigenvalue weighted by atomic mass is 35.5. The van der Waals surface area contributed by atoms with Crippen LogP contribution in [0.3, 0.4) is 0 Å². The molecule has 2 aromatic heterocycles. The van der Waals surface area contributed by atoms with Gasteiger partial charge in [0, 0.05) is 47.8 Å². The molecular weight excluding hydrogens is 497 g/mol. The predicted octanol–water partition coefficient (Wildman–Crippen LogP) is 5.61. The summed E-state index contributed by atoms with van der Waals surface area (Å²) in [6.45, 7) is 2.27. The van der Waals surface area contributed by atoms with Gasteiger partial charge in [0.05, 0.1) is 10.5 Å². The van der Waals surface area contributed by atoms with Gasteiger partial charge in [-0.15, -0.1) is 10.2 Å². The quantitative estimate of drug-likeness (QED) is 0.336. The van der Waals surface area contributed by atoms with Crippen LogP contribution in [0.15, 0.2) is 72.8 Å². The number of nitrogens with zero attached hydrogens (tertiary/aromatic N) is 6. The maximum absolute atomic E-state index is 12.8. The van der Waals surface area contributed by atoms with Gasteiger partial charge >= 0.3 is 6.03 Å². The molecule has 6 rings (SSSR count). The minimum absolute atomic E-state index is 0.158. The average molecular weight is 518 g/mol. The number of nitrogens with one attached hydrogen (secondary N) is 1. The van der Waals surface area contributed by atoms with Crippen LogP contribution in [0, 0.1) is 0 Å². The molecule has 0 saturated carbocycles. The fraction of sp³-hybridized carbons (Fsp3) is 0.154. The Hall–Kier alpha value is -3.88. The molecule has 0 radical (unpaired) electrons. The van der Waals surface area contributed by atoms with E-state index in [-0.39, 0.29) is 6.03 Å². The smallest absolute Gasteiger partial charge is 0.321 e. The van der Waals surface area contributed by atoms with Crippen molar-refractivity contribution >= 4 is 57.4 Å². The molecule has 1 saturated heterocycles. The van der Waals surface area contributed by atoms with Gasteiger partial charge in [-0.1, -0.05) is 53.5 Å². The van der Waals surface area contributed by atoms with Gasteiger partial charge in [-0.3, -0.25) is 0 Å². The summed E-state index contributed by atoms with van der Waals surface area (Å²) in [7, 11) is 0. The topological polar surface area (TPSA) is 78.7 Å². The first-order valence-electron chi connectivity index (χ1n) is 11.5. The van der Waals surface area contributed by atoms with Crippen molar-refractivity contribution in [3.63, 3.8) is 0 Å². The number of benzene rings is 3. The lowest BCUT2D eigenvalue weighted by molar-refractivity contribution is 0.208. The summed E-state index contributed by atoms with van der Waals surface area (Å²) >= 11 is 12.6. The Balaban J connectivity index is 1.33. The number of carbonyl (C=O) groups excluding carboxylic acids is 1. The number of amides is 2. The second-order valence-electron chi connectivity index (χ2n) is 8.51. The Morgan fingerprint density at radius 2 is 1.64 bits per heavy atom. The third kappa shape index (κ3) is 4.08. The van der Waals surface area contributed by atoms with E-state index in [1.54, 1.807) is 17.0 Å². The van der Waals surface area contributed by atoms with Gasteiger partial charge in [0.25, 0.3) is 0 Å². The summed E-state index contributed by atoms with van der Waals surface area (Å²) in [5.41, 5.74) is 3.00. The number of piperazine rings is 1. The van der Waals surface area contributed by atoms with Crippen molar-refractivity contribution in [1.82, 2.24) is 24.5 Å². The SMILES string of the molecule is O=C(Nc1cccc(Cl)c1)N1CCN(c2nc3ccccc3c3nnc(-c4ccccc4Cl)n23)CC1. The Morgan fingerprint density at radius 1 is 0.861 bits per heavy atom. The normalized spacial score (nSPS) is 13.9. The highest BCUT2D eigenvalue weighted by Crippen LogP contribution is 2.32. The van der Waals surface area contributed by atoms with Gasteiger partial charge in [-0.2, -0.15) is 0 Å². The van der Waals surface area contributed by atoms with Crippen molar-refractivity contribution in [2.75, 3.05) is 36.4 Å². The molecule has 36 heavy (non-hydrogen) atoms. The van der Waals surface area contributed by atoms with Crippen molar-refractivity contribution in [3.8, 4) is 11.4 Å². The van der Waals surface area contributed by atoms with Crippen LogP contribution < -0.4 is 10.2 Å². The molecule has 3 aromatic carbocycles. The molecule has 1 N–H and O–H groups in total. The zero-order valence-corrected chi connectivity index (χ0v) is 20.6. The van der Waals surface area contributed by atoms with Crippen molar-refractivity contribution in [1.29, 1.82) is 0 Å². The summed E-state index contributed by atoms with van der Waals surface area (Å²) in [5, 5.41) is 14.0. The minimum Gasteiger partial charge on any atom is -0.338 e. The monoisotopic (exact) mass is 517 g/mol. The molecule has 8 nitrogen and oxygen atoms in total. The number of urea groups is 1. The van der Waals surface area contributed by atoms with Crippen molar-refractivity contribution in [3.05, 3.63) is 82.8 Å². The molecular formula is C26H21Cl2N7O. The number of hydrogen-bond acceptors (Lipinski definition) is 5. The lowest BCUT2D eigenvalue weighted by Crippen LogP contribution is -2.50. The molecule has 2 amide bonds. The van der Waals surface area contributed by atoms with Gasteiger partial charge in [0.1, 0.15) is 0 Å². The van der Waals surface area contributed by atoms with E-state index in [9.17, 15) is 4.79 Å². The van der Waals surface area contributed by atoms with Crippen LogP contribution in [0.1, 0.15) is 0 Å². The van der Waals surface area contributed by atoms with E-state index in [4.69, 9.17) is 28.2 Å². The zero-order chi connectivity index (χ0) is 24.6. The van der Waals surface area contributed by atoms with Crippen LogP contribution in [0.5, 0.6) is 0 Å². The van der Waals surface area contributed by atoms with Crippen molar-refractivity contribution < 1.29 is 4.79 Å². The molecule has 0 aliphatic carbocycles. The Kier molecular flexibility index (Phi) is 5.83. The lowest BCUT2D eigenvalue weighted by atomic mass is 10.2. The van der Waals surface area contributed by atoms with Crippen LogP contribution in [0.2, 0.25) is 10.0 Å². The average Bonchev–Trinajstić information content (AvgIpc) is 3.34. The molecule has 1 aliphatic rings. The van der Waals surface area contributed by atoms with E-state index in [0.717, 1.165) is 22.4 Å². The number of halogens is 2. The minimum atomic E-state index is -0.158. The molecule has 0 unspecified atom stereocenters. The third-order valence-electron chi connectivity index (χ3n) is 6.27. The molecule has 10 heteroatoms. The number of fused-ring (bicyclic) bond motifs is 3.